The zero-order valence-electron chi connectivity index (χ0n) is 12.8. The lowest BCUT2D eigenvalue weighted by atomic mass is 10.0. The molecule has 2 N–H and O–H groups in total. The van der Waals surface area contributed by atoms with Gasteiger partial charge in [0, 0.05) is 11.3 Å². The summed E-state index contributed by atoms with van der Waals surface area (Å²) in [6.45, 7) is 4.14. The molecule has 0 heterocycles. The molecule has 2 aromatic rings. The van der Waals surface area contributed by atoms with E-state index < -0.39 is 0 Å². The van der Waals surface area contributed by atoms with Crippen LogP contribution in [0.5, 0.6) is 0 Å². The molecule has 114 valence electrons. The second-order valence-corrected chi connectivity index (χ2v) is 5.38. The third-order valence-corrected chi connectivity index (χ3v) is 3.28. The Balaban J connectivity index is 1.88. The van der Waals surface area contributed by atoms with E-state index in [1.807, 2.05) is 30.3 Å². The molecule has 0 atom stereocenters. The van der Waals surface area contributed by atoms with Crippen LogP contribution >= 0.6 is 0 Å². The number of carbonyl (C=O) groups is 2. The van der Waals surface area contributed by atoms with Crippen LogP contribution in [0.15, 0.2) is 54.6 Å². The normalized spacial score (nSPS) is 10.3. The molecule has 0 saturated carbocycles. The van der Waals surface area contributed by atoms with Gasteiger partial charge >= 0.3 is 0 Å². The summed E-state index contributed by atoms with van der Waals surface area (Å²) in [7, 11) is 0. The first-order valence-electron chi connectivity index (χ1n) is 7.29. The van der Waals surface area contributed by atoms with Crippen LogP contribution < -0.4 is 10.6 Å². The molecule has 0 aliphatic heterocycles. The number of nitrogens with one attached hydrogen (secondary N) is 2. The van der Waals surface area contributed by atoms with Gasteiger partial charge in [-0.05, 0) is 35.7 Å². The van der Waals surface area contributed by atoms with Gasteiger partial charge in [-0.15, -0.1) is 0 Å². The summed E-state index contributed by atoms with van der Waals surface area (Å²) < 4.78 is 0. The Morgan fingerprint density at radius 1 is 1.00 bits per heavy atom. The fourth-order valence-electron chi connectivity index (χ4n) is 2.03. The maximum Gasteiger partial charge on any atom is 0.251 e. The van der Waals surface area contributed by atoms with Crippen LogP contribution in [-0.2, 0) is 4.79 Å². The van der Waals surface area contributed by atoms with Crippen LogP contribution in [0, 0.1) is 0 Å². The molecule has 2 rings (SSSR count). The van der Waals surface area contributed by atoms with Gasteiger partial charge in [0.05, 0.1) is 6.54 Å². The minimum absolute atomic E-state index is 0.0559. The number of hydrogen-bond acceptors (Lipinski definition) is 2. The van der Waals surface area contributed by atoms with Crippen molar-refractivity contribution in [3.05, 3.63) is 65.7 Å². The second-order valence-electron chi connectivity index (χ2n) is 5.38. The maximum atomic E-state index is 11.9. The largest absolute Gasteiger partial charge is 0.343 e. The first kappa shape index (κ1) is 15.8. The minimum atomic E-state index is -0.258. The summed E-state index contributed by atoms with van der Waals surface area (Å²) in [6.07, 6.45) is 0. The van der Waals surface area contributed by atoms with Gasteiger partial charge in [0.15, 0.2) is 0 Å². The Morgan fingerprint density at radius 2 is 1.73 bits per heavy atom. The Morgan fingerprint density at radius 3 is 2.41 bits per heavy atom. The summed E-state index contributed by atoms with van der Waals surface area (Å²) in [6, 6.07) is 16.5. The van der Waals surface area contributed by atoms with E-state index in [1.165, 1.54) is 0 Å². The average Bonchev–Trinajstić information content (AvgIpc) is 2.53. The topological polar surface area (TPSA) is 58.2 Å². The lowest BCUT2D eigenvalue weighted by Gasteiger charge is -2.10. The fourth-order valence-corrected chi connectivity index (χ4v) is 2.03. The lowest BCUT2D eigenvalue weighted by Crippen LogP contribution is -2.32. The maximum absolute atomic E-state index is 11.9. The van der Waals surface area contributed by atoms with Crippen molar-refractivity contribution in [2.24, 2.45) is 0 Å². The van der Waals surface area contributed by atoms with Crippen molar-refractivity contribution in [2.75, 3.05) is 11.9 Å². The van der Waals surface area contributed by atoms with Gasteiger partial charge in [-0.1, -0.05) is 44.2 Å². The first-order valence-corrected chi connectivity index (χ1v) is 7.29. The van der Waals surface area contributed by atoms with Crippen LogP contribution in [0.1, 0.15) is 35.7 Å². The van der Waals surface area contributed by atoms with E-state index in [0.29, 0.717) is 11.5 Å². The van der Waals surface area contributed by atoms with Crippen LogP contribution in [0.3, 0.4) is 0 Å². The van der Waals surface area contributed by atoms with Crippen LogP contribution in [0.25, 0.3) is 0 Å². The highest BCUT2D eigenvalue weighted by Crippen LogP contribution is 2.18. The van der Waals surface area contributed by atoms with E-state index >= 15 is 0 Å². The quantitative estimate of drug-likeness (QED) is 0.890. The third-order valence-electron chi connectivity index (χ3n) is 3.28. The molecular weight excluding hydrogens is 276 g/mol. The molecule has 22 heavy (non-hydrogen) atoms. The average molecular weight is 296 g/mol. The van der Waals surface area contributed by atoms with Crippen molar-refractivity contribution < 1.29 is 9.59 Å². The molecular formula is C18H20N2O2. The van der Waals surface area contributed by atoms with Gasteiger partial charge in [-0.2, -0.15) is 0 Å². The molecule has 0 aliphatic rings. The van der Waals surface area contributed by atoms with Gasteiger partial charge in [-0.25, -0.2) is 0 Å². The monoisotopic (exact) mass is 296 g/mol. The van der Waals surface area contributed by atoms with Gasteiger partial charge in [0.25, 0.3) is 5.91 Å². The zero-order valence-corrected chi connectivity index (χ0v) is 12.8. The molecule has 0 unspecified atom stereocenters. The van der Waals surface area contributed by atoms with Crippen molar-refractivity contribution in [2.45, 2.75) is 19.8 Å². The highest BCUT2D eigenvalue weighted by atomic mass is 16.2. The summed E-state index contributed by atoms with van der Waals surface area (Å²) in [5.41, 5.74) is 2.44. The number of rotatable bonds is 5. The van der Waals surface area contributed by atoms with E-state index in [2.05, 4.69) is 24.5 Å². The SMILES string of the molecule is CC(C)c1cccc(NC(=O)CNC(=O)c2ccccc2)c1. The fraction of sp³-hybridized carbons (Fsp3) is 0.222. The molecule has 0 fully saturated rings. The number of hydrogen-bond donors (Lipinski definition) is 2. The van der Waals surface area contributed by atoms with Gasteiger partial charge in [-0.3, -0.25) is 9.59 Å². The Kier molecular flexibility index (Phi) is 5.31. The predicted octanol–water partition coefficient (Wildman–Crippen LogP) is 3.18. The summed E-state index contributed by atoms with van der Waals surface area (Å²) >= 11 is 0. The van der Waals surface area contributed by atoms with E-state index in [1.54, 1.807) is 24.3 Å². The van der Waals surface area contributed by atoms with E-state index in [-0.39, 0.29) is 18.4 Å². The van der Waals surface area contributed by atoms with Gasteiger partial charge in [0.1, 0.15) is 0 Å². The Hall–Kier alpha value is -2.62. The predicted molar refractivity (Wildman–Crippen MR) is 87.9 cm³/mol. The molecule has 4 heteroatoms. The molecule has 0 aliphatic carbocycles. The van der Waals surface area contributed by atoms with Crippen molar-refractivity contribution in [1.82, 2.24) is 5.32 Å². The standard InChI is InChI=1S/C18H20N2O2/c1-13(2)15-9-6-10-16(11-15)20-17(21)12-19-18(22)14-7-4-3-5-8-14/h3-11,13H,12H2,1-2H3,(H,19,22)(H,20,21). The molecule has 0 bridgehead atoms. The van der Waals surface area contributed by atoms with Crippen molar-refractivity contribution in [3.8, 4) is 0 Å². The van der Waals surface area contributed by atoms with Crippen molar-refractivity contribution in [3.63, 3.8) is 0 Å². The minimum Gasteiger partial charge on any atom is -0.343 e. The van der Waals surface area contributed by atoms with Crippen molar-refractivity contribution >= 4 is 17.5 Å². The number of benzene rings is 2. The molecule has 0 aromatic heterocycles. The smallest absolute Gasteiger partial charge is 0.251 e. The molecule has 2 amide bonds. The van der Waals surface area contributed by atoms with Gasteiger partial charge in [0.2, 0.25) is 5.91 Å². The lowest BCUT2D eigenvalue weighted by molar-refractivity contribution is -0.115. The molecule has 2 aromatic carbocycles. The molecule has 0 spiro atoms. The molecule has 0 saturated heterocycles. The number of amides is 2. The van der Waals surface area contributed by atoms with E-state index in [4.69, 9.17) is 0 Å². The number of anilines is 1. The molecule has 0 radical (unpaired) electrons. The summed E-state index contributed by atoms with van der Waals surface area (Å²) in [4.78, 5) is 23.8. The van der Waals surface area contributed by atoms with Crippen molar-refractivity contribution in [1.29, 1.82) is 0 Å². The van der Waals surface area contributed by atoms with Crippen LogP contribution in [0.4, 0.5) is 5.69 Å². The van der Waals surface area contributed by atoms with Crippen LogP contribution in [-0.4, -0.2) is 18.4 Å². The highest BCUT2D eigenvalue weighted by molar-refractivity contribution is 5.99. The second kappa shape index (κ2) is 7.41. The highest BCUT2D eigenvalue weighted by Gasteiger charge is 2.08. The first-order chi connectivity index (χ1) is 10.6. The van der Waals surface area contributed by atoms with Crippen LogP contribution in [0.2, 0.25) is 0 Å². The third kappa shape index (κ3) is 4.45. The van der Waals surface area contributed by atoms with E-state index in [0.717, 1.165) is 11.3 Å². The number of carbonyl (C=O) groups excluding carboxylic acids is 2. The van der Waals surface area contributed by atoms with Gasteiger partial charge < -0.3 is 10.6 Å². The summed E-state index contributed by atoms with van der Waals surface area (Å²) in [5.74, 6) is -0.105. The molecule has 4 nitrogen and oxygen atoms in total. The Bertz CT molecular complexity index is 651. The Labute approximate surface area is 130 Å². The zero-order chi connectivity index (χ0) is 15.9. The summed E-state index contributed by atoms with van der Waals surface area (Å²) in [5, 5.41) is 5.40. The van der Waals surface area contributed by atoms with E-state index in [9.17, 15) is 9.59 Å².